The zero-order chi connectivity index (χ0) is 21.9. The summed E-state index contributed by atoms with van der Waals surface area (Å²) in [5.41, 5.74) is 0.474. The van der Waals surface area contributed by atoms with Gasteiger partial charge in [-0.15, -0.1) is 24.4 Å². The molecule has 3 amide bonds. The Morgan fingerprint density at radius 2 is 2.10 bits per heavy atom. The summed E-state index contributed by atoms with van der Waals surface area (Å²) in [6.07, 6.45) is 2.76. The van der Waals surface area contributed by atoms with E-state index in [1.54, 1.807) is 28.8 Å². The number of aromatic nitrogens is 1. The van der Waals surface area contributed by atoms with E-state index in [-0.39, 0.29) is 17.7 Å². The topological polar surface area (TPSA) is 101 Å². The van der Waals surface area contributed by atoms with Gasteiger partial charge in [-0.2, -0.15) is 0 Å². The Morgan fingerprint density at radius 3 is 2.73 bits per heavy atom. The van der Waals surface area contributed by atoms with Crippen LogP contribution in [0.3, 0.4) is 0 Å². The van der Waals surface area contributed by atoms with Gasteiger partial charge in [0.2, 0.25) is 5.91 Å². The van der Waals surface area contributed by atoms with Crippen LogP contribution in [0.1, 0.15) is 43.5 Å². The van der Waals surface area contributed by atoms with Gasteiger partial charge in [-0.1, -0.05) is 13.8 Å². The van der Waals surface area contributed by atoms with Crippen molar-refractivity contribution in [1.82, 2.24) is 20.5 Å². The van der Waals surface area contributed by atoms with Gasteiger partial charge in [0.25, 0.3) is 5.91 Å². The second kappa shape index (κ2) is 12.7. The van der Waals surface area contributed by atoms with Crippen LogP contribution >= 0.6 is 24.4 Å². The van der Waals surface area contributed by atoms with E-state index in [0.717, 1.165) is 5.75 Å². The number of ether oxygens (including phenoxy) is 1. The van der Waals surface area contributed by atoms with Gasteiger partial charge >= 0.3 is 6.09 Å². The number of carbonyl (C=O) groups is 3. The van der Waals surface area contributed by atoms with Crippen molar-refractivity contribution in [3.8, 4) is 0 Å². The first-order chi connectivity index (χ1) is 14.4. The second-order valence-electron chi connectivity index (χ2n) is 7.49. The van der Waals surface area contributed by atoms with E-state index in [0.29, 0.717) is 55.4 Å². The predicted molar refractivity (Wildman–Crippen MR) is 120 cm³/mol. The number of carbonyl (C=O) groups excluding carboxylic acids is 3. The first-order valence-electron chi connectivity index (χ1n) is 10.1. The molecule has 2 rings (SSSR count). The fourth-order valence-corrected chi connectivity index (χ4v) is 3.88. The van der Waals surface area contributed by atoms with Gasteiger partial charge in [0, 0.05) is 25.0 Å². The van der Waals surface area contributed by atoms with Gasteiger partial charge in [-0.25, -0.2) is 9.78 Å². The fraction of sp³-hybridized carbons (Fsp3) is 0.600. The van der Waals surface area contributed by atoms with Crippen LogP contribution < -0.4 is 10.6 Å². The van der Waals surface area contributed by atoms with Crippen molar-refractivity contribution in [3.63, 3.8) is 0 Å². The van der Waals surface area contributed by atoms with Crippen LogP contribution in [0.2, 0.25) is 0 Å². The van der Waals surface area contributed by atoms with Crippen molar-refractivity contribution in [1.29, 1.82) is 0 Å². The quantitative estimate of drug-likeness (QED) is 0.371. The van der Waals surface area contributed by atoms with E-state index in [4.69, 9.17) is 4.74 Å². The number of unbranched alkanes of at least 4 members (excludes halogenated alkanes) is 1. The van der Waals surface area contributed by atoms with Crippen LogP contribution in [-0.2, 0) is 9.53 Å². The molecule has 0 bridgehead atoms. The number of thioether (sulfide) groups is 1. The van der Waals surface area contributed by atoms with Crippen molar-refractivity contribution in [2.75, 3.05) is 31.3 Å². The monoisotopic (exact) mass is 454 g/mol. The van der Waals surface area contributed by atoms with Crippen molar-refractivity contribution < 1.29 is 19.1 Å². The molecule has 2 N–H and O–H groups in total. The number of nitrogens with one attached hydrogen (secondary N) is 2. The Balaban J connectivity index is 1.78. The largest absolute Gasteiger partial charge is 0.449 e. The summed E-state index contributed by atoms with van der Waals surface area (Å²) in [5.74, 6) is 1.50. The number of amides is 3. The predicted octanol–water partition coefficient (Wildman–Crippen LogP) is 2.55. The molecule has 1 fully saturated rings. The normalized spacial score (nSPS) is 14.5. The first kappa shape index (κ1) is 24.3. The summed E-state index contributed by atoms with van der Waals surface area (Å²) in [6.45, 7) is 5.38. The van der Waals surface area contributed by atoms with Crippen molar-refractivity contribution >= 4 is 42.3 Å². The molecule has 0 radical (unpaired) electrons. The van der Waals surface area contributed by atoms with E-state index in [1.807, 2.05) is 13.8 Å². The highest BCUT2D eigenvalue weighted by molar-refractivity contribution is 7.99. The van der Waals surface area contributed by atoms with Gasteiger partial charge in [0.05, 0.1) is 23.1 Å². The maximum Gasteiger partial charge on any atom is 0.407 e. The standard InChI is InChI=1S/C20H30N4O4S2/c1-14(2)12-28-20(27)23-16(19(26)24-9-10-30-13-24)5-3-4-8-21-18(25)15-6-7-17(29)22-11-15/h6-7,11,14,16H,3-5,8-10,12-13H2,1-2H3,(H,21,25)(H,22,29)(H,23,27). The third kappa shape index (κ3) is 8.43. The summed E-state index contributed by atoms with van der Waals surface area (Å²) in [4.78, 5) is 42.7. The zero-order valence-electron chi connectivity index (χ0n) is 17.4. The molecule has 30 heavy (non-hydrogen) atoms. The van der Waals surface area contributed by atoms with E-state index in [9.17, 15) is 14.4 Å². The SMILES string of the molecule is CC(C)COC(=O)NC(CCCCNC(=O)c1ccc(S)nc1)C(=O)N1CCSC1. The van der Waals surface area contributed by atoms with E-state index >= 15 is 0 Å². The average Bonchev–Trinajstić information content (AvgIpc) is 3.26. The molecule has 1 aromatic heterocycles. The smallest absolute Gasteiger partial charge is 0.407 e. The number of hydrogen-bond acceptors (Lipinski definition) is 7. The molecule has 0 aromatic carbocycles. The minimum Gasteiger partial charge on any atom is -0.449 e. The Bertz CT molecular complexity index is 709. The molecule has 10 heteroatoms. The molecule has 0 spiro atoms. The fourth-order valence-electron chi connectivity index (χ4n) is 2.79. The summed E-state index contributed by atoms with van der Waals surface area (Å²) >= 11 is 5.80. The number of pyridine rings is 1. The molecule has 1 atom stereocenters. The highest BCUT2D eigenvalue weighted by Gasteiger charge is 2.28. The van der Waals surface area contributed by atoms with Crippen LogP contribution in [0.4, 0.5) is 4.79 Å². The van der Waals surface area contributed by atoms with Crippen LogP contribution in [-0.4, -0.2) is 65.2 Å². The summed E-state index contributed by atoms with van der Waals surface area (Å²) in [5, 5.41) is 6.10. The molecular formula is C20H30N4O4S2. The van der Waals surface area contributed by atoms with Gasteiger partial charge < -0.3 is 20.3 Å². The zero-order valence-corrected chi connectivity index (χ0v) is 19.1. The number of hydrogen-bond donors (Lipinski definition) is 3. The third-order valence-corrected chi connectivity index (χ3v) is 5.65. The first-order valence-corrected chi connectivity index (χ1v) is 11.7. The highest BCUT2D eigenvalue weighted by Crippen LogP contribution is 2.16. The molecule has 1 saturated heterocycles. The molecule has 2 heterocycles. The second-order valence-corrected chi connectivity index (χ2v) is 9.02. The Hall–Kier alpha value is -1.94. The van der Waals surface area contributed by atoms with Crippen LogP contribution in [0, 0.1) is 5.92 Å². The summed E-state index contributed by atoms with van der Waals surface area (Å²) in [7, 11) is 0. The number of rotatable bonds is 10. The Morgan fingerprint density at radius 1 is 1.30 bits per heavy atom. The molecule has 1 unspecified atom stereocenters. The molecule has 166 valence electrons. The lowest BCUT2D eigenvalue weighted by Crippen LogP contribution is -2.48. The van der Waals surface area contributed by atoms with Crippen LogP contribution in [0.15, 0.2) is 23.4 Å². The third-order valence-electron chi connectivity index (χ3n) is 4.42. The minimum atomic E-state index is -0.619. The van der Waals surface area contributed by atoms with E-state index < -0.39 is 12.1 Å². The summed E-state index contributed by atoms with van der Waals surface area (Å²) < 4.78 is 5.17. The van der Waals surface area contributed by atoms with Crippen molar-refractivity contribution in [2.24, 2.45) is 5.92 Å². The molecule has 1 aromatic rings. The van der Waals surface area contributed by atoms with Crippen molar-refractivity contribution in [2.45, 2.75) is 44.2 Å². The van der Waals surface area contributed by atoms with Gasteiger partial charge in [0.1, 0.15) is 6.04 Å². The number of alkyl carbamates (subject to hydrolysis) is 1. The van der Waals surface area contributed by atoms with Gasteiger partial charge in [-0.05, 0) is 37.3 Å². The van der Waals surface area contributed by atoms with Gasteiger partial charge in [0.15, 0.2) is 0 Å². The minimum absolute atomic E-state index is 0.0801. The molecule has 0 saturated carbocycles. The molecular weight excluding hydrogens is 424 g/mol. The number of nitrogens with zero attached hydrogens (tertiary/aromatic N) is 2. The van der Waals surface area contributed by atoms with E-state index in [1.165, 1.54) is 6.20 Å². The molecule has 1 aliphatic heterocycles. The molecule has 8 nitrogen and oxygen atoms in total. The van der Waals surface area contributed by atoms with E-state index in [2.05, 4.69) is 28.2 Å². The Kier molecular flexibility index (Phi) is 10.3. The van der Waals surface area contributed by atoms with Gasteiger partial charge in [-0.3, -0.25) is 9.59 Å². The summed E-state index contributed by atoms with van der Waals surface area (Å²) in [6, 6.07) is 2.71. The van der Waals surface area contributed by atoms with Crippen molar-refractivity contribution in [3.05, 3.63) is 23.9 Å². The van der Waals surface area contributed by atoms with Crippen LogP contribution in [0.25, 0.3) is 0 Å². The molecule has 0 aliphatic carbocycles. The highest BCUT2D eigenvalue weighted by atomic mass is 32.2. The lowest BCUT2D eigenvalue weighted by atomic mass is 10.1. The molecule has 1 aliphatic rings. The van der Waals surface area contributed by atoms with Crippen LogP contribution in [0.5, 0.6) is 0 Å². The number of thiol groups is 1. The lowest BCUT2D eigenvalue weighted by Gasteiger charge is -2.23. The lowest BCUT2D eigenvalue weighted by molar-refractivity contribution is -0.132. The maximum absolute atomic E-state index is 12.8. The maximum atomic E-state index is 12.8. The Labute approximate surface area is 187 Å². The average molecular weight is 455 g/mol.